The Morgan fingerprint density at radius 3 is 2.60 bits per heavy atom. The predicted octanol–water partition coefficient (Wildman–Crippen LogP) is 1.93. The molecule has 0 aromatic rings. The third kappa shape index (κ3) is 2.34. The average molecular weight is 296 g/mol. The molecule has 2 atom stereocenters. The van der Waals surface area contributed by atoms with Crippen molar-refractivity contribution in [2.75, 3.05) is 11.5 Å². The van der Waals surface area contributed by atoms with E-state index < -0.39 is 5.54 Å². The van der Waals surface area contributed by atoms with Crippen LogP contribution < -0.4 is 5.32 Å². The zero-order valence-corrected chi connectivity index (χ0v) is 13.0. The highest BCUT2D eigenvalue weighted by Crippen LogP contribution is 2.35. The third-order valence-corrected chi connectivity index (χ3v) is 6.24. The lowest BCUT2D eigenvalue weighted by atomic mass is 9.78. The summed E-state index contributed by atoms with van der Waals surface area (Å²) in [5.74, 6) is 2.41. The van der Waals surface area contributed by atoms with Crippen LogP contribution in [0.1, 0.15) is 51.9 Å². The van der Waals surface area contributed by atoms with Gasteiger partial charge in [-0.15, -0.1) is 0 Å². The number of carbonyl (C=O) groups excluding carboxylic acids is 2. The Labute approximate surface area is 125 Å². The number of rotatable bonds is 1. The predicted molar refractivity (Wildman–Crippen MR) is 80.6 cm³/mol. The molecule has 0 bridgehead atoms. The number of nitrogens with zero attached hydrogens (tertiary/aromatic N) is 1. The van der Waals surface area contributed by atoms with Crippen LogP contribution >= 0.6 is 11.8 Å². The Morgan fingerprint density at radius 2 is 1.95 bits per heavy atom. The van der Waals surface area contributed by atoms with Gasteiger partial charge < -0.3 is 10.2 Å². The second kappa shape index (κ2) is 5.58. The molecule has 1 N–H and O–H groups in total. The molecule has 1 spiro atoms. The third-order valence-electron chi connectivity index (χ3n) is 5.04. The quantitative estimate of drug-likeness (QED) is 0.804. The van der Waals surface area contributed by atoms with Crippen molar-refractivity contribution in [3.63, 3.8) is 0 Å². The molecule has 20 heavy (non-hydrogen) atoms. The normalized spacial score (nSPS) is 34.1. The van der Waals surface area contributed by atoms with Gasteiger partial charge in [0.25, 0.3) is 0 Å². The van der Waals surface area contributed by atoms with E-state index in [1.807, 2.05) is 23.6 Å². The van der Waals surface area contributed by atoms with Gasteiger partial charge in [-0.05, 0) is 38.4 Å². The van der Waals surface area contributed by atoms with Crippen molar-refractivity contribution in [3.05, 3.63) is 0 Å². The monoisotopic (exact) mass is 296 g/mol. The number of thioether (sulfide) groups is 1. The number of hydrogen-bond donors (Lipinski definition) is 1. The smallest absolute Gasteiger partial charge is 0.249 e. The van der Waals surface area contributed by atoms with Gasteiger partial charge in [0.05, 0.1) is 0 Å². The second-order valence-corrected chi connectivity index (χ2v) is 7.54. The summed E-state index contributed by atoms with van der Waals surface area (Å²) in [4.78, 5) is 27.3. The number of hydrogen-bond acceptors (Lipinski definition) is 3. The zero-order chi connectivity index (χ0) is 14.2. The summed E-state index contributed by atoms with van der Waals surface area (Å²) in [6, 6.07) is -0.0557. The van der Waals surface area contributed by atoms with Gasteiger partial charge in [0.15, 0.2) is 0 Å². The lowest BCUT2D eigenvalue weighted by molar-refractivity contribution is -0.158. The van der Waals surface area contributed by atoms with Crippen molar-refractivity contribution >= 4 is 23.6 Å². The van der Waals surface area contributed by atoms with E-state index >= 15 is 0 Å². The van der Waals surface area contributed by atoms with Crippen LogP contribution in [0.3, 0.4) is 0 Å². The average Bonchev–Trinajstić information content (AvgIpc) is 2.48. The summed E-state index contributed by atoms with van der Waals surface area (Å²) >= 11 is 1.91. The van der Waals surface area contributed by atoms with Crippen LogP contribution in [-0.2, 0) is 9.59 Å². The Hall–Kier alpha value is -0.710. The van der Waals surface area contributed by atoms with Gasteiger partial charge in [0.2, 0.25) is 11.8 Å². The summed E-state index contributed by atoms with van der Waals surface area (Å²) < 4.78 is 0. The summed E-state index contributed by atoms with van der Waals surface area (Å²) in [5.41, 5.74) is -0.579. The van der Waals surface area contributed by atoms with Gasteiger partial charge in [-0.2, -0.15) is 11.8 Å². The highest BCUT2D eigenvalue weighted by molar-refractivity contribution is 7.99. The molecule has 112 valence electrons. The van der Waals surface area contributed by atoms with Gasteiger partial charge in [-0.25, -0.2) is 0 Å². The minimum atomic E-state index is -0.579. The first-order valence-corrected chi connectivity index (χ1v) is 9.02. The van der Waals surface area contributed by atoms with Crippen LogP contribution in [0.25, 0.3) is 0 Å². The first-order chi connectivity index (χ1) is 9.64. The van der Waals surface area contributed by atoms with Crippen LogP contribution in [0.2, 0.25) is 0 Å². The van der Waals surface area contributed by atoms with Crippen molar-refractivity contribution in [2.24, 2.45) is 0 Å². The SMILES string of the molecule is CC1C(=O)NC2(CCCCC2)C(=O)N1C1CCCSC1. The molecule has 0 aromatic carbocycles. The molecule has 3 rings (SSSR count). The molecule has 3 aliphatic rings. The zero-order valence-electron chi connectivity index (χ0n) is 12.2. The van der Waals surface area contributed by atoms with E-state index in [0.29, 0.717) is 0 Å². The van der Waals surface area contributed by atoms with Crippen LogP contribution in [0.5, 0.6) is 0 Å². The number of nitrogens with one attached hydrogen (secondary N) is 1. The summed E-state index contributed by atoms with van der Waals surface area (Å²) in [6.45, 7) is 1.88. The Morgan fingerprint density at radius 1 is 1.20 bits per heavy atom. The molecule has 2 heterocycles. The first kappa shape index (κ1) is 14.2. The van der Waals surface area contributed by atoms with E-state index in [-0.39, 0.29) is 23.9 Å². The first-order valence-electron chi connectivity index (χ1n) is 7.87. The summed E-state index contributed by atoms with van der Waals surface area (Å²) in [5, 5.41) is 3.06. The fourth-order valence-corrected chi connectivity index (χ4v) is 5.00. The van der Waals surface area contributed by atoms with Crippen molar-refractivity contribution in [3.8, 4) is 0 Å². The molecule has 3 fully saturated rings. The topological polar surface area (TPSA) is 49.4 Å². The van der Waals surface area contributed by atoms with Gasteiger partial charge in [-0.3, -0.25) is 9.59 Å². The Balaban J connectivity index is 1.86. The highest BCUT2D eigenvalue weighted by Gasteiger charge is 2.51. The lowest BCUT2D eigenvalue weighted by Crippen LogP contribution is -2.72. The Kier molecular flexibility index (Phi) is 3.98. The van der Waals surface area contributed by atoms with E-state index in [9.17, 15) is 9.59 Å². The van der Waals surface area contributed by atoms with E-state index in [1.54, 1.807) is 0 Å². The standard InChI is InChI=1S/C15H24N2O2S/c1-11-13(18)16-15(7-3-2-4-8-15)14(19)17(11)12-6-5-9-20-10-12/h11-12H,2-10H2,1H3,(H,16,18). The minimum absolute atomic E-state index is 0.0436. The number of amides is 2. The number of carbonyl (C=O) groups is 2. The second-order valence-electron chi connectivity index (χ2n) is 6.39. The van der Waals surface area contributed by atoms with E-state index in [1.165, 1.54) is 12.2 Å². The molecule has 4 nitrogen and oxygen atoms in total. The van der Waals surface area contributed by atoms with Crippen molar-refractivity contribution in [1.82, 2.24) is 10.2 Å². The number of piperazine rings is 1. The maximum atomic E-state index is 13.1. The molecule has 0 radical (unpaired) electrons. The van der Waals surface area contributed by atoms with Crippen molar-refractivity contribution in [1.29, 1.82) is 0 Å². The molecule has 2 unspecified atom stereocenters. The molecule has 1 aliphatic carbocycles. The fraction of sp³-hybridized carbons (Fsp3) is 0.867. The largest absolute Gasteiger partial charge is 0.340 e. The molecule has 1 saturated carbocycles. The molecule has 2 aliphatic heterocycles. The molecule has 0 aromatic heterocycles. The lowest BCUT2D eigenvalue weighted by Gasteiger charge is -2.50. The Bertz CT molecular complexity index is 401. The van der Waals surface area contributed by atoms with Crippen molar-refractivity contribution < 1.29 is 9.59 Å². The summed E-state index contributed by atoms with van der Waals surface area (Å²) in [7, 11) is 0. The van der Waals surface area contributed by atoms with Crippen molar-refractivity contribution in [2.45, 2.75) is 69.5 Å². The molecule has 2 saturated heterocycles. The van der Waals surface area contributed by atoms with Crippen LogP contribution in [-0.4, -0.2) is 45.8 Å². The molecule has 2 amide bonds. The van der Waals surface area contributed by atoms with Crippen LogP contribution in [0.15, 0.2) is 0 Å². The maximum absolute atomic E-state index is 13.1. The van der Waals surface area contributed by atoms with Gasteiger partial charge in [0.1, 0.15) is 11.6 Å². The fourth-order valence-electron chi connectivity index (χ4n) is 3.86. The summed E-state index contributed by atoms with van der Waals surface area (Å²) in [6.07, 6.45) is 7.12. The van der Waals surface area contributed by atoms with Gasteiger partial charge in [0, 0.05) is 11.8 Å². The highest BCUT2D eigenvalue weighted by atomic mass is 32.2. The van der Waals surface area contributed by atoms with E-state index in [4.69, 9.17) is 0 Å². The maximum Gasteiger partial charge on any atom is 0.249 e. The van der Waals surface area contributed by atoms with E-state index in [2.05, 4.69) is 5.32 Å². The van der Waals surface area contributed by atoms with Gasteiger partial charge >= 0.3 is 0 Å². The van der Waals surface area contributed by atoms with Crippen LogP contribution in [0, 0.1) is 0 Å². The van der Waals surface area contributed by atoms with E-state index in [0.717, 1.165) is 44.3 Å². The molecular weight excluding hydrogens is 272 g/mol. The molecular formula is C15H24N2O2S. The molecule has 5 heteroatoms. The minimum Gasteiger partial charge on any atom is -0.340 e. The van der Waals surface area contributed by atoms with Gasteiger partial charge in [-0.1, -0.05) is 19.3 Å². The van der Waals surface area contributed by atoms with Crippen LogP contribution in [0.4, 0.5) is 0 Å².